The molecule has 0 saturated heterocycles. The second kappa shape index (κ2) is 6.42. The molecule has 0 radical (unpaired) electrons. The van der Waals surface area contributed by atoms with Gasteiger partial charge in [-0.3, -0.25) is 0 Å². The highest BCUT2D eigenvalue weighted by atomic mass is 19.4. The first-order valence-electron chi connectivity index (χ1n) is 8.20. The van der Waals surface area contributed by atoms with Gasteiger partial charge >= 0.3 is 6.18 Å². The molecule has 0 aliphatic rings. The molecule has 0 fully saturated rings. The van der Waals surface area contributed by atoms with Gasteiger partial charge in [0.1, 0.15) is 11.3 Å². The van der Waals surface area contributed by atoms with Crippen LogP contribution < -0.4 is 0 Å². The number of aromatic hydroxyl groups is 1. The first-order chi connectivity index (χ1) is 12.9. The number of imidazole rings is 1. The molecule has 0 unspecified atom stereocenters. The average molecular weight is 369 g/mol. The molecular weight excluding hydrogens is 355 g/mol. The molecule has 4 nitrogen and oxygen atoms in total. The molecule has 2 aromatic carbocycles. The average Bonchev–Trinajstić information content (AvgIpc) is 2.99. The van der Waals surface area contributed by atoms with E-state index < -0.39 is 11.7 Å². The van der Waals surface area contributed by atoms with Gasteiger partial charge in [-0.2, -0.15) is 18.3 Å². The summed E-state index contributed by atoms with van der Waals surface area (Å²) in [5.41, 5.74) is 1.23. The van der Waals surface area contributed by atoms with Crippen LogP contribution >= 0.6 is 0 Å². The summed E-state index contributed by atoms with van der Waals surface area (Å²) >= 11 is 0. The largest absolute Gasteiger partial charge is 0.508 e. The van der Waals surface area contributed by atoms with E-state index in [0.29, 0.717) is 23.4 Å². The summed E-state index contributed by atoms with van der Waals surface area (Å²) in [4.78, 5) is 4.28. The lowest BCUT2D eigenvalue weighted by Crippen LogP contribution is -2.09. The number of hydrogen-bond donors (Lipinski definition) is 1. The number of fused-ring (bicyclic) bond motifs is 1. The van der Waals surface area contributed by atoms with Crippen molar-refractivity contribution in [2.75, 3.05) is 0 Å². The highest BCUT2D eigenvalue weighted by Gasteiger charge is 2.35. The molecule has 4 aromatic rings. The van der Waals surface area contributed by atoms with Gasteiger partial charge in [0.15, 0.2) is 5.65 Å². The fraction of sp³-hybridized carbons (Fsp3) is 0.100. The molecule has 4 rings (SSSR count). The fourth-order valence-corrected chi connectivity index (χ4v) is 3.07. The summed E-state index contributed by atoms with van der Waals surface area (Å²) in [5, 5.41) is 13.9. The second-order valence-electron chi connectivity index (χ2n) is 6.10. The van der Waals surface area contributed by atoms with Crippen LogP contribution in [-0.4, -0.2) is 19.7 Å². The van der Waals surface area contributed by atoms with Crippen molar-refractivity contribution in [1.82, 2.24) is 14.6 Å². The van der Waals surface area contributed by atoms with Gasteiger partial charge in [-0.25, -0.2) is 9.50 Å². The zero-order valence-corrected chi connectivity index (χ0v) is 14.0. The number of nitrogens with zero attached hydrogens (tertiary/aromatic N) is 3. The molecular formula is C20H14F3N3O. The lowest BCUT2D eigenvalue weighted by molar-refractivity contribution is -0.136. The van der Waals surface area contributed by atoms with Gasteiger partial charge in [0.2, 0.25) is 0 Å². The van der Waals surface area contributed by atoms with Crippen LogP contribution in [0.3, 0.4) is 0 Å². The van der Waals surface area contributed by atoms with Crippen LogP contribution in [-0.2, 0) is 12.6 Å². The van der Waals surface area contributed by atoms with Crippen LogP contribution in [0.1, 0.15) is 16.8 Å². The minimum absolute atomic E-state index is 0.0140. The van der Waals surface area contributed by atoms with E-state index in [1.54, 1.807) is 12.1 Å². The third-order valence-corrected chi connectivity index (χ3v) is 4.23. The van der Waals surface area contributed by atoms with Gasteiger partial charge in [-0.05, 0) is 23.8 Å². The van der Waals surface area contributed by atoms with Crippen LogP contribution in [0, 0.1) is 0 Å². The minimum atomic E-state index is -4.55. The summed E-state index contributed by atoms with van der Waals surface area (Å²) in [6, 6.07) is 16.6. The van der Waals surface area contributed by atoms with Crippen LogP contribution in [0.2, 0.25) is 0 Å². The van der Waals surface area contributed by atoms with Gasteiger partial charge in [-0.1, -0.05) is 42.5 Å². The van der Waals surface area contributed by atoms with Crippen molar-refractivity contribution in [2.24, 2.45) is 0 Å². The van der Waals surface area contributed by atoms with Crippen molar-refractivity contribution in [3.8, 4) is 17.0 Å². The summed E-state index contributed by atoms with van der Waals surface area (Å²) in [5.74, 6) is 0.0140. The lowest BCUT2D eigenvalue weighted by atomic mass is 10.0. The van der Waals surface area contributed by atoms with Crippen molar-refractivity contribution < 1.29 is 18.3 Å². The van der Waals surface area contributed by atoms with Crippen molar-refractivity contribution >= 4 is 5.65 Å². The Kier molecular flexibility index (Phi) is 4.07. The summed E-state index contributed by atoms with van der Waals surface area (Å²) in [6.45, 7) is 0. The van der Waals surface area contributed by atoms with Crippen molar-refractivity contribution in [2.45, 2.75) is 12.6 Å². The number of benzene rings is 2. The Balaban J connectivity index is 1.99. The Bertz CT molecular complexity index is 1100. The summed E-state index contributed by atoms with van der Waals surface area (Å²) in [6.07, 6.45) is -3.10. The van der Waals surface area contributed by atoms with E-state index in [0.717, 1.165) is 17.8 Å². The first kappa shape index (κ1) is 17.1. The number of aromatic nitrogens is 3. The van der Waals surface area contributed by atoms with Gasteiger partial charge in [0.25, 0.3) is 0 Å². The van der Waals surface area contributed by atoms with Crippen LogP contribution in [0.4, 0.5) is 13.2 Å². The molecule has 0 saturated carbocycles. The molecule has 0 spiro atoms. The number of rotatable bonds is 3. The zero-order chi connectivity index (χ0) is 19.0. The van der Waals surface area contributed by atoms with Crippen molar-refractivity contribution in [1.29, 1.82) is 0 Å². The maximum atomic E-state index is 13.4. The van der Waals surface area contributed by atoms with Gasteiger partial charge in [-0.15, -0.1) is 0 Å². The molecule has 2 heterocycles. The molecule has 0 aliphatic carbocycles. The molecule has 2 aromatic heterocycles. The van der Waals surface area contributed by atoms with Gasteiger partial charge in [0, 0.05) is 18.2 Å². The smallest absolute Gasteiger partial charge is 0.420 e. The Hall–Kier alpha value is -3.35. The van der Waals surface area contributed by atoms with E-state index in [4.69, 9.17) is 0 Å². The normalized spacial score (nSPS) is 11.8. The number of phenolic OH excluding ortho intramolecular Hbond substituents is 1. The van der Waals surface area contributed by atoms with E-state index in [1.807, 2.05) is 30.3 Å². The molecule has 0 amide bonds. The van der Waals surface area contributed by atoms with Gasteiger partial charge in [0.05, 0.1) is 11.4 Å². The monoisotopic (exact) mass is 369 g/mol. The summed E-state index contributed by atoms with van der Waals surface area (Å²) in [7, 11) is 0. The third kappa shape index (κ3) is 3.23. The fourth-order valence-electron chi connectivity index (χ4n) is 3.07. The quantitative estimate of drug-likeness (QED) is 0.569. The van der Waals surface area contributed by atoms with E-state index >= 15 is 0 Å². The Morgan fingerprint density at radius 1 is 0.963 bits per heavy atom. The Morgan fingerprint density at radius 3 is 2.44 bits per heavy atom. The maximum absolute atomic E-state index is 13.4. The number of hydrogen-bond acceptors (Lipinski definition) is 3. The van der Waals surface area contributed by atoms with E-state index in [9.17, 15) is 18.3 Å². The Labute approximate surface area is 152 Å². The molecule has 136 valence electrons. The lowest BCUT2D eigenvalue weighted by Gasteiger charge is -2.08. The molecule has 7 heteroatoms. The number of halogens is 3. The van der Waals surface area contributed by atoms with E-state index in [-0.39, 0.29) is 11.4 Å². The van der Waals surface area contributed by atoms with Gasteiger partial charge < -0.3 is 5.11 Å². The second-order valence-corrected chi connectivity index (χ2v) is 6.10. The summed E-state index contributed by atoms with van der Waals surface area (Å²) < 4.78 is 41.5. The molecule has 1 N–H and O–H groups in total. The topological polar surface area (TPSA) is 50.4 Å². The predicted molar refractivity (Wildman–Crippen MR) is 94.3 cm³/mol. The van der Waals surface area contributed by atoms with Crippen molar-refractivity contribution in [3.63, 3.8) is 0 Å². The van der Waals surface area contributed by atoms with E-state index in [1.165, 1.54) is 16.6 Å². The number of phenols is 1. The van der Waals surface area contributed by atoms with Crippen molar-refractivity contribution in [3.05, 3.63) is 83.7 Å². The molecule has 0 atom stereocenters. The molecule has 0 aliphatic heterocycles. The van der Waals surface area contributed by atoms with E-state index in [2.05, 4.69) is 10.1 Å². The minimum Gasteiger partial charge on any atom is -0.508 e. The molecule has 27 heavy (non-hydrogen) atoms. The van der Waals surface area contributed by atoms with Crippen LogP contribution in [0.25, 0.3) is 16.9 Å². The maximum Gasteiger partial charge on any atom is 0.420 e. The molecule has 0 bridgehead atoms. The SMILES string of the molecule is Oc1cccc(-c2c(Cc3ccccc3)nc3c(C(F)(F)F)ccnn23)c1. The third-order valence-electron chi connectivity index (χ3n) is 4.23. The van der Waals surface area contributed by atoms with Crippen LogP contribution in [0.15, 0.2) is 66.9 Å². The number of alkyl halides is 3. The highest BCUT2D eigenvalue weighted by molar-refractivity contribution is 5.70. The van der Waals surface area contributed by atoms with Crippen LogP contribution in [0.5, 0.6) is 5.75 Å². The Morgan fingerprint density at radius 2 is 1.74 bits per heavy atom. The zero-order valence-electron chi connectivity index (χ0n) is 14.0. The standard InChI is InChI=1S/C20H14F3N3O/c21-20(22,23)16-9-10-24-26-18(14-7-4-8-15(27)12-14)17(25-19(16)26)11-13-5-2-1-3-6-13/h1-10,12,27H,11H2. The first-order valence-corrected chi connectivity index (χ1v) is 8.20. The predicted octanol–water partition coefficient (Wildman–Crippen LogP) is 4.71. The highest BCUT2D eigenvalue weighted by Crippen LogP contribution is 2.35.